The van der Waals surface area contributed by atoms with Crippen LogP contribution in [0, 0.1) is 23.7 Å². The van der Waals surface area contributed by atoms with Crippen LogP contribution in [0.2, 0.25) is 0 Å². The molecule has 0 aliphatic heterocycles. The lowest BCUT2D eigenvalue weighted by molar-refractivity contribution is 0.297. The minimum Gasteiger partial charge on any atom is -0.103 e. The first kappa shape index (κ1) is 17.6. The lowest BCUT2D eigenvalue weighted by Crippen LogP contribution is -2.13. The molecule has 0 aromatic heterocycles. The number of hydrogen-bond donors (Lipinski definition) is 0. The van der Waals surface area contributed by atoms with Gasteiger partial charge in [0.05, 0.1) is 0 Å². The second kappa shape index (κ2) is 10.1. The van der Waals surface area contributed by atoms with Gasteiger partial charge in [-0.25, -0.2) is 0 Å². The topological polar surface area (TPSA) is 0 Å². The Labute approximate surface area is 138 Å². The van der Waals surface area contributed by atoms with Crippen molar-refractivity contribution in [2.45, 2.75) is 77.6 Å². The van der Waals surface area contributed by atoms with Crippen LogP contribution in [0.5, 0.6) is 0 Å². The number of rotatable bonds is 7. The van der Waals surface area contributed by atoms with Crippen molar-refractivity contribution in [2.24, 2.45) is 23.7 Å². The van der Waals surface area contributed by atoms with Gasteiger partial charge in [-0.05, 0) is 94.3 Å². The van der Waals surface area contributed by atoms with Gasteiger partial charge in [-0.2, -0.15) is 0 Å². The van der Waals surface area contributed by atoms with Crippen LogP contribution in [0.3, 0.4) is 0 Å². The first-order chi connectivity index (χ1) is 10.8. The Morgan fingerprint density at radius 3 is 1.91 bits per heavy atom. The highest BCUT2D eigenvalue weighted by molar-refractivity contribution is 4.95. The van der Waals surface area contributed by atoms with E-state index in [1.165, 1.54) is 70.6 Å². The maximum Gasteiger partial charge on any atom is -0.0233 e. The molecule has 0 nitrogen and oxygen atoms in total. The third kappa shape index (κ3) is 6.15. The Morgan fingerprint density at radius 2 is 1.32 bits per heavy atom. The molecule has 0 radical (unpaired) electrons. The molecule has 2 rings (SSSR count). The zero-order valence-electron chi connectivity index (χ0n) is 14.7. The summed E-state index contributed by atoms with van der Waals surface area (Å²) in [5.41, 5.74) is 0. The Kier molecular flexibility index (Phi) is 8.05. The number of hydrogen-bond acceptors (Lipinski definition) is 0. The molecule has 0 saturated heterocycles. The maximum atomic E-state index is 3.94. The van der Waals surface area contributed by atoms with E-state index >= 15 is 0 Å². The fraction of sp³-hybridized carbons (Fsp3) is 0.727. The third-order valence-corrected chi connectivity index (χ3v) is 5.84. The van der Waals surface area contributed by atoms with Crippen molar-refractivity contribution in [1.29, 1.82) is 0 Å². The van der Waals surface area contributed by atoms with E-state index < -0.39 is 0 Å². The summed E-state index contributed by atoms with van der Waals surface area (Å²) >= 11 is 0. The van der Waals surface area contributed by atoms with Gasteiger partial charge < -0.3 is 0 Å². The van der Waals surface area contributed by atoms with Crippen LogP contribution in [-0.2, 0) is 0 Å². The predicted molar refractivity (Wildman–Crippen MR) is 98.9 cm³/mol. The molecule has 2 fully saturated rings. The van der Waals surface area contributed by atoms with Crippen molar-refractivity contribution in [3.8, 4) is 0 Å². The monoisotopic (exact) mass is 300 g/mol. The number of allylic oxidation sites excluding steroid dienone is 5. The van der Waals surface area contributed by atoms with E-state index in [1.54, 1.807) is 0 Å². The van der Waals surface area contributed by atoms with Gasteiger partial charge in [-0.15, -0.1) is 6.58 Å². The zero-order valence-corrected chi connectivity index (χ0v) is 14.7. The molecule has 0 unspecified atom stereocenters. The van der Waals surface area contributed by atoms with Crippen LogP contribution in [0.1, 0.15) is 77.6 Å². The summed E-state index contributed by atoms with van der Waals surface area (Å²) in [5, 5.41) is 0. The van der Waals surface area contributed by atoms with Crippen molar-refractivity contribution in [3.63, 3.8) is 0 Å². The van der Waals surface area contributed by atoms with E-state index in [0.29, 0.717) is 0 Å². The summed E-state index contributed by atoms with van der Waals surface area (Å²) in [6, 6.07) is 0. The van der Waals surface area contributed by atoms with Crippen LogP contribution in [0.25, 0.3) is 0 Å². The second-order valence-electron chi connectivity index (χ2n) is 7.53. The minimum absolute atomic E-state index is 0.793. The molecule has 2 saturated carbocycles. The fourth-order valence-corrected chi connectivity index (χ4v) is 4.19. The maximum absolute atomic E-state index is 3.94. The molecule has 0 heterocycles. The Morgan fingerprint density at radius 1 is 0.773 bits per heavy atom. The Bertz CT molecular complexity index is 346. The molecule has 124 valence electrons. The minimum atomic E-state index is 0.793. The largest absolute Gasteiger partial charge is 0.103 e. The van der Waals surface area contributed by atoms with Crippen molar-refractivity contribution in [1.82, 2.24) is 0 Å². The van der Waals surface area contributed by atoms with E-state index in [1.807, 2.05) is 0 Å². The fourth-order valence-electron chi connectivity index (χ4n) is 4.19. The molecule has 0 N–H and O–H groups in total. The van der Waals surface area contributed by atoms with Gasteiger partial charge in [0.25, 0.3) is 0 Å². The molecule has 0 spiro atoms. The third-order valence-electron chi connectivity index (χ3n) is 5.84. The van der Waals surface area contributed by atoms with E-state index in [4.69, 9.17) is 0 Å². The molecule has 2 aliphatic rings. The SMILES string of the molecule is C=CC1CCC(/C=C/CCC2CCC(/C=C/CC)CC2)CC1. The Balaban J connectivity index is 1.56. The second-order valence-corrected chi connectivity index (χ2v) is 7.53. The van der Waals surface area contributed by atoms with Gasteiger partial charge in [0.1, 0.15) is 0 Å². The highest BCUT2D eigenvalue weighted by Crippen LogP contribution is 2.33. The normalized spacial score (nSPS) is 33.5. The molecular weight excluding hydrogens is 264 g/mol. The summed E-state index contributed by atoms with van der Waals surface area (Å²) in [6.45, 7) is 6.17. The van der Waals surface area contributed by atoms with Gasteiger partial charge in [0.15, 0.2) is 0 Å². The molecule has 2 aliphatic carbocycles. The van der Waals surface area contributed by atoms with Crippen LogP contribution >= 0.6 is 0 Å². The predicted octanol–water partition coefficient (Wildman–Crippen LogP) is 7.09. The zero-order chi connectivity index (χ0) is 15.6. The molecule has 0 amide bonds. The molecular formula is C22H36. The molecule has 0 atom stereocenters. The van der Waals surface area contributed by atoms with Gasteiger partial charge in [0, 0.05) is 0 Å². The van der Waals surface area contributed by atoms with Crippen molar-refractivity contribution < 1.29 is 0 Å². The lowest BCUT2D eigenvalue weighted by Gasteiger charge is -2.26. The smallest absolute Gasteiger partial charge is 0.0233 e. The molecule has 0 aromatic carbocycles. The average molecular weight is 301 g/mol. The van der Waals surface area contributed by atoms with Gasteiger partial charge >= 0.3 is 0 Å². The van der Waals surface area contributed by atoms with Crippen LogP contribution in [0.15, 0.2) is 37.0 Å². The summed E-state index contributed by atoms with van der Waals surface area (Å²) in [4.78, 5) is 0. The van der Waals surface area contributed by atoms with Gasteiger partial charge in [-0.1, -0.05) is 37.3 Å². The Hall–Kier alpha value is -0.780. The highest BCUT2D eigenvalue weighted by Gasteiger charge is 2.19. The van der Waals surface area contributed by atoms with Crippen LogP contribution in [0.4, 0.5) is 0 Å². The van der Waals surface area contributed by atoms with Crippen LogP contribution in [-0.4, -0.2) is 0 Å². The van der Waals surface area contributed by atoms with Crippen molar-refractivity contribution in [3.05, 3.63) is 37.0 Å². The summed E-state index contributed by atoms with van der Waals surface area (Å²) < 4.78 is 0. The molecule has 0 bridgehead atoms. The average Bonchev–Trinajstić information content (AvgIpc) is 2.58. The van der Waals surface area contributed by atoms with Crippen molar-refractivity contribution >= 4 is 0 Å². The van der Waals surface area contributed by atoms with E-state index in [2.05, 4.69) is 43.9 Å². The van der Waals surface area contributed by atoms with E-state index in [-0.39, 0.29) is 0 Å². The summed E-state index contributed by atoms with van der Waals surface area (Å²) in [6.07, 6.45) is 27.1. The summed E-state index contributed by atoms with van der Waals surface area (Å²) in [7, 11) is 0. The van der Waals surface area contributed by atoms with E-state index in [9.17, 15) is 0 Å². The lowest BCUT2D eigenvalue weighted by atomic mass is 9.79. The van der Waals surface area contributed by atoms with Crippen LogP contribution < -0.4 is 0 Å². The molecule has 0 aromatic rings. The van der Waals surface area contributed by atoms with E-state index in [0.717, 1.165) is 23.7 Å². The highest BCUT2D eigenvalue weighted by atomic mass is 14.2. The molecule has 22 heavy (non-hydrogen) atoms. The van der Waals surface area contributed by atoms with Gasteiger partial charge in [-0.3, -0.25) is 0 Å². The first-order valence-electron chi connectivity index (χ1n) is 9.77. The molecule has 0 heteroatoms. The first-order valence-corrected chi connectivity index (χ1v) is 9.77. The standard InChI is InChI=1S/C22H36/c1-3-5-8-20-15-17-22(18-16-20)10-7-6-9-21-13-11-19(4-2)12-14-21/h4-6,8-9,19-22H,2-3,7,10-18H2,1H3/b8-5+,9-6+. The quantitative estimate of drug-likeness (QED) is 0.440. The summed E-state index contributed by atoms with van der Waals surface area (Å²) in [5.74, 6) is 3.52. The van der Waals surface area contributed by atoms with Gasteiger partial charge in [0.2, 0.25) is 0 Å². The van der Waals surface area contributed by atoms with Crippen molar-refractivity contribution in [2.75, 3.05) is 0 Å².